The van der Waals surface area contributed by atoms with Crippen molar-refractivity contribution >= 4 is 11.8 Å². The van der Waals surface area contributed by atoms with E-state index in [4.69, 9.17) is 10.8 Å². The minimum Gasteiger partial charge on any atom is -0.399 e. The van der Waals surface area contributed by atoms with Crippen molar-refractivity contribution in [2.75, 3.05) is 12.3 Å². The maximum absolute atomic E-state index is 8.52. The summed E-state index contributed by atoms with van der Waals surface area (Å²) in [4.78, 5) is 0. The second kappa shape index (κ2) is 4.57. The zero-order valence-corrected chi connectivity index (χ0v) is 6.90. The molecule has 1 aromatic rings. The first-order valence-electron chi connectivity index (χ1n) is 3.96. The van der Waals surface area contributed by atoms with E-state index in [0.717, 1.165) is 11.3 Å². The Kier molecular flexibility index (Phi) is 3.35. The van der Waals surface area contributed by atoms with E-state index < -0.39 is 0 Å². The van der Waals surface area contributed by atoms with Crippen molar-refractivity contribution in [3.05, 3.63) is 35.9 Å². The van der Waals surface area contributed by atoms with Gasteiger partial charge in [-0.1, -0.05) is 24.3 Å². The molecule has 2 heteroatoms. The van der Waals surface area contributed by atoms with E-state index in [-0.39, 0.29) is 6.61 Å². The van der Waals surface area contributed by atoms with Crippen LogP contribution in [0.5, 0.6) is 0 Å². The van der Waals surface area contributed by atoms with Crippen LogP contribution in [0.1, 0.15) is 12.0 Å². The Morgan fingerprint density at radius 1 is 1.42 bits per heavy atom. The second-order valence-electron chi connectivity index (χ2n) is 2.58. The highest BCUT2D eigenvalue weighted by molar-refractivity contribution is 5.55. The highest BCUT2D eigenvalue weighted by Gasteiger charge is 1.86. The van der Waals surface area contributed by atoms with Gasteiger partial charge in [-0.05, 0) is 24.1 Å². The van der Waals surface area contributed by atoms with E-state index in [1.807, 2.05) is 36.4 Å². The number of benzene rings is 1. The highest BCUT2D eigenvalue weighted by atomic mass is 16.2. The third-order valence-electron chi connectivity index (χ3n) is 1.52. The predicted octanol–water partition coefficient (Wildman–Crippen LogP) is 1.66. The lowest BCUT2D eigenvalue weighted by atomic mass is 10.2. The zero-order valence-electron chi connectivity index (χ0n) is 6.90. The summed E-state index contributed by atoms with van der Waals surface area (Å²) in [6.07, 6.45) is 4.57. The van der Waals surface area contributed by atoms with Gasteiger partial charge in [0.05, 0.1) is 0 Å². The van der Waals surface area contributed by atoms with Crippen LogP contribution in [0.3, 0.4) is 0 Å². The third-order valence-corrected chi connectivity index (χ3v) is 1.52. The Balaban J connectivity index is 2.63. The summed E-state index contributed by atoms with van der Waals surface area (Å²) >= 11 is 0. The molecule has 1 aromatic carbocycles. The Labute approximate surface area is 72.3 Å². The molecule has 0 spiro atoms. The van der Waals surface area contributed by atoms with Crippen molar-refractivity contribution in [3.63, 3.8) is 0 Å². The normalized spacial score (nSPS) is 10.8. The van der Waals surface area contributed by atoms with E-state index in [1.54, 1.807) is 0 Å². The Bertz CT molecular complexity index is 268. The molecule has 0 aliphatic heterocycles. The molecule has 0 amide bonds. The first-order valence-corrected chi connectivity index (χ1v) is 3.96. The number of nitrogen functional groups attached to an aromatic ring is 1. The van der Waals surface area contributed by atoms with Gasteiger partial charge in [0.15, 0.2) is 0 Å². The highest BCUT2D eigenvalue weighted by Crippen LogP contribution is 2.08. The predicted molar refractivity (Wildman–Crippen MR) is 51.6 cm³/mol. The molecule has 64 valence electrons. The summed E-state index contributed by atoms with van der Waals surface area (Å²) in [7, 11) is 0. The van der Waals surface area contributed by atoms with Crippen molar-refractivity contribution in [1.29, 1.82) is 0 Å². The fourth-order valence-electron chi connectivity index (χ4n) is 0.957. The van der Waals surface area contributed by atoms with Crippen molar-refractivity contribution in [2.45, 2.75) is 6.42 Å². The van der Waals surface area contributed by atoms with Crippen LogP contribution >= 0.6 is 0 Å². The molecule has 3 N–H and O–H groups in total. The van der Waals surface area contributed by atoms with Gasteiger partial charge in [-0.15, -0.1) is 0 Å². The van der Waals surface area contributed by atoms with Crippen molar-refractivity contribution in [2.24, 2.45) is 0 Å². The Morgan fingerprint density at radius 3 is 2.92 bits per heavy atom. The van der Waals surface area contributed by atoms with Crippen LogP contribution in [0.25, 0.3) is 6.08 Å². The molecular weight excluding hydrogens is 150 g/mol. The summed E-state index contributed by atoms with van der Waals surface area (Å²) in [6.45, 7) is 0.193. The molecule has 0 radical (unpaired) electrons. The molecule has 0 aromatic heterocycles. The molecule has 0 saturated carbocycles. The first kappa shape index (κ1) is 8.81. The lowest BCUT2D eigenvalue weighted by Crippen LogP contribution is -1.83. The van der Waals surface area contributed by atoms with Gasteiger partial charge in [0.2, 0.25) is 0 Å². The molecule has 0 aliphatic carbocycles. The Morgan fingerprint density at radius 2 is 2.25 bits per heavy atom. The van der Waals surface area contributed by atoms with Gasteiger partial charge in [0.25, 0.3) is 0 Å². The minimum absolute atomic E-state index is 0.193. The number of nitrogens with two attached hydrogens (primary N) is 1. The van der Waals surface area contributed by atoms with Crippen LogP contribution in [0.4, 0.5) is 5.69 Å². The molecule has 0 aliphatic rings. The molecule has 0 atom stereocenters. The van der Waals surface area contributed by atoms with Crippen LogP contribution in [0, 0.1) is 0 Å². The number of anilines is 1. The number of hydrogen-bond donors (Lipinski definition) is 2. The van der Waals surface area contributed by atoms with E-state index in [1.165, 1.54) is 0 Å². The standard InChI is InChI=1S/C10H13NO/c11-10-6-3-5-9(8-10)4-1-2-7-12/h1,3-6,8,12H,2,7,11H2. The van der Waals surface area contributed by atoms with Gasteiger partial charge in [0, 0.05) is 12.3 Å². The van der Waals surface area contributed by atoms with Crippen LogP contribution in [0.2, 0.25) is 0 Å². The van der Waals surface area contributed by atoms with Crippen LogP contribution < -0.4 is 5.73 Å². The van der Waals surface area contributed by atoms with E-state index in [2.05, 4.69) is 0 Å². The van der Waals surface area contributed by atoms with Gasteiger partial charge >= 0.3 is 0 Å². The largest absolute Gasteiger partial charge is 0.399 e. The number of rotatable bonds is 3. The molecule has 0 unspecified atom stereocenters. The SMILES string of the molecule is Nc1cccc(C=CCCO)c1. The molecule has 0 bridgehead atoms. The quantitative estimate of drug-likeness (QED) is 0.666. The zero-order chi connectivity index (χ0) is 8.81. The minimum atomic E-state index is 0.193. The van der Waals surface area contributed by atoms with Gasteiger partial charge in [0.1, 0.15) is 0 Å². The van der Waals surface area contributed by atoms with E-state index in [0.29, 0.717) is 6.42 Å². The van der Waals surface area contributed by atoms with Crippen LogP contribution in [0.15, 0.2) is 30.3 Å². The van der Waals surface area contributed by atoms with E-state index in [9.17, 15) is 0 Å². The van der Waals surface area contributed by atoms with Crippen LogP contribution in [-0.4, -0.2) is 11.7 Å². The maximum Gasteiger partial charge on any atom is 0.0465 e. The smallest absolute Gasteiger partial charge is 0.0465 e. The molecule has 0 saturated heterocycles. The number of aliphatic hydroxyl groups excluding tert-OH is 1. The number of hydrogen-bond acceptors (Lipinski definition) is 2. The van der Waals surface area contributed by atoms with Gasteiger partial charge in [-0.25, -0.2) is 0 Å². The van der Waals surface area contributed by atoms with Gasteiger partial charge < -0.3 is 10.8 Å². The summed E-state index contributed by atoms with van der Waals surface area (Å²) in [5, 5.41) is 8.52. The van der Waals surface area contributed by atoms with Gasteiger partial charge in [-0.2, -0.15) is 0 Å². The summed E-state index contributed by atoms with van der Waals surface area (Å²) in [6, 6.07) is 7.63. The van der Waals surface area contributed by atoms with E-state index >= 15 is 0 Å². The van der Waals surface area contributed by atoms with Crippen molar-refractivity contribution < 1.29 is 5.11 Å². The average Bonchev–Trinajstić information content (AvgIpc) is 2.05. The summed E-state index contributed by atoms with van der Waals surface area (Å²) in [5.74, 6) is 0. The first-order chi connectivity index (χ1) is 5.83. The molecule has 0 heterocycles. The van der Waals surface area contributed by atoms with Gasteiger partial charge in [-0.3, -0.25) is 0 Å². The van der Waals surface area contributed by atoms with Crippen molar-refractivity contribution in [1.82, 2.24) is 0 Å². The summed E-state index contributed by atoms with van der Waals surface area (Å²) < 4.78 is 0. The fraction of sp³-hybridized carbons (Fsp3) is 0.200. The lowest BCUT2D eigenvalue weighted by molar-refractivity contribution is 0.303. The van der Waals surface area contributed by atoms with Crippen LogP contribution in [-0.2, 0) is 0 Å². The Hall–Kier alpha value is -1.28. The van der Waals surface area contributed by atoms with Crippen molar-refractivity contribution in [3.8, 4) is 0 Å². The molecule has 0 fully saturated rings. The maximum atomic E-state index is 8.52. The summed E-state index contributed by atoms with van der Waals surface area (Å²) in [5.41, 5.74) is 7.42. The second-order valence-corrected chi connectivity index (χ2v) is 2.58. The molecular formula is C10H13NO. The topological polar surface area (TPSA) is 46.2 Å². The average molecular weight is 163 g/mol. The lowest BCUT2D eigenvalue weighted by Gasteiger charge is -1.94. The number of aliphatic hydroxyl groups is 1. The third kappa shape index (κ3) is 2.76. The monoisotopic (exact) mass is 163 g/mol. The molecule has 1 rings (SSSR count). The molecule has 12 heavy (non-hydrogen) atoms. The molecule has 2 nitrogen and oxygen atoms in total. The fourth-order valence-corrected chi connectivity index (χ4v) is 0.957.